The molecule has 1 unspecified atom stereocenters. The SMILES string of the molecule is O=C1NC(=O)C(Cc2ccccc2)(C2CCN(C(=O)CSc3ccccc3)CC2)N1. The molecule has 1 atom stereocenters. The third kappa shape index (κ3) is 4.36. The topological polar surface area (TPSA) is 78.5 Å². The van der Waals surface area contributed by atoms with Gasteiger partial charge in [-0.05, 0) is 36.5 Å². The first-order valence-electron chi connectivity index (χ1n) is 10.2. The Balaban J connectivity index is 1.40. The molecule has 0 bridgehead atoms. The predicted molar refractivity (Wildman–Crippen MR) is 116 cm³/mol. The molecule has 2 heterocycles. The summed E-state index contributed by atoms with van der Waals surface area (Å²) in [5, 5.41) is 5.34. The van der Waals surface area contributed by atoms with E-state index in [1.54, 1.807) is 0 Å². The van der Waals surface area contributed by atoms with Gasteiger partial charge in [-0.3, -0.25) is 14.9 Å². The number of amides is 4. The van der Waals surface area contributed by atoms with E-state index in [1.807, 2.05) is 65.6 Å². The minimum atomic E-state index is -0.952. The smallest absolute Gasteiger partial charge is 0.322 e. The monoisotopic (exact) mass is 423 g/mol. The van der Waals surface area contributed by atoms with Gasteiger partial charge in [0.2, 0.25) is 5.91 Å². The summed E-state index contributed by atoms with van der Waals surface area (Å²) in [6.07, 6.45) is 1.82. The van der Waals surface area contributed by atoms with Crippen molar-refractivity contribution in [1.82, 2.24) is 15.5 Å². The van der Waals surface area contributed by atoms with Crippen molar-refractivity contribution in [2.45, 2.75) is 29.7 Å². The Morgan fingerprint density at radius 3 is 2.23 bits per heavy atom. The van der Waals surface area contributed by atoms with E-state index in [0.29, 0.717) is 38.1 Å². The Labute approximate surface area is 180 Å². The van der Waals surface area contributed by atoms with Crippen LogP contribution in [0.2, 0.25) is 0 Å². The number of urea groups is 1. The molecule has 0 aromatic heterocycles. The van der Waals surface area contributed by atoms with E-state index in [4.69, 9.17) is 0 Å². The van der Waals surface area contributed by atoms with E-state index >= 15 is 0 Å². The number of hydrogen-bond donors (Lipinski definition) is 2. The molecule has 0 aliphatic carbocycles. The van der Waals surface area contributed by atoms with E-state index in [0.717, 1.165) is 10.5 Å². The van der Waals surface area contributed by atoms with Gasteiger partial charge in [-0.1, -0.05) is 48.5 Å². The molecule has 0 saturated carbocycles. The van der Waals surface area contributed by atoms with Crippen molar-refractivity contribution in [1.29, 1.82) is 0 Å². The number of piperidine rings is 1. The van der Waals surface area contributed by atoms with Gasteiger partial charge in [-0.25, -0.2) is 4.79 Å². The van der Waals surface area contributed by atoms with Crippen molar-refractivity contribution in [2.75, 3.05) is 18.8 Å². The average molecular weight is 424 g/mol. The van der Waals surface area contributed by atoms with Gasteiger partial charge < -0.3 is 10.2 Å². The normalized spacial score (nSPS) is 21.9. The van der Waals surface area contributed by atoms with Crippen molar-refractivity contribution in [2.24, 2.45) is 5.92 Å². The summed E-state index contributed by atoms with van der Waals surface area (Å²) in [5.41, 5.74) is 0.0550. The number of hydrogen-bond acceptors (Lipinski definition) is 4. The molecule has 2 aliphatic rings. The molecular formula is C23H25N3O3S. The van der Waals surface area contributed by atoms with Crippen molar-refractivity contribution >= 4 is 29.6 Å². The molecule has 2 aromatic rings. The van der Waals surface area contributed by atoms with Crippen molar-refractivity contribution in [3.8, 4) is 0 Å². The van der Waals surface area contributed by atoms with E-state index < -0.39 is 11.6 Å². The number of thioether (sulfide) groups is 1. The zero-order chi connectivity index (χ0) is 21.0. The van der Waals surface area contributed by atoms with E-state index in [9.17, 15) is 14.4 Å². The number of nitrogens with zero attached hydrogens (tertiary/aromatic N) is 1. The van der Waals surface area contributed by atoms with Gasteiger partial charge in [0.1, 0.15) is 5.54 Å². The molecule has 4 rings (SSSR count). The van der Waals surface area contributed by atoms with Gasteiger partial charge in [0.25, 0.3) is 5.91 Å². The second-order valence-electron chi connectivity index (χ2n) is 7.80. The molecule has 4 amide bonds. The summed E-state index contributed by atoms with van der Waals surface area (Å²) in [5.74, 6) is 0.233. The average Bonchev–Trinajstić information content (AvgIpc) is 3.07. The number of carbonyl (C=O) groups excluding carboxylic acids is 3. The van der Waals surface area contributed by atoms with Gasteiger partial charge >= 0.3 is 6.03 Å². The largest absolute Gasteiger partial charge is 0.342 e. The van der Waals surface area contributed by atoms with Crippen molar-refractivity contribution in [3.05, 3.63) is 66.2 Å². The maximum Gasteiger partial charge on any atom is 0.322 e. The molecule has 0 radical (unpaired) electrons. The van der Waals surface area contributed by atoms with Crippen LogP contribution in [-0.4, -0.2) is 47.1 Å². The molecule has 30 heavy (non-hydrogen) atoms. The first-order chi connectivity index (χ1) is 14.6. The van der Waals surface area contributed by atoms with Gasteiger partial charge in [-0.15, -0.1) is 11.8 Å². The fourth-order valence-electron chi connectivity index (χ4n) is 4.35. The number of likely N-dealkylation sites (tertiary alicyclic amines) is 1. The molecule has 2 aliphatic heterocycles. The lowest BCUT2D eigenvalue weighted by molar-refractivity contribution is -0.131. The summed E-state index contributed by atoms with van der Waals surface area (Å²) in [7, 11) is 0. The third-order valence-corrected chi connectivity index (χ3v) is 6.94. The molecule has 2 N–H and O–H groups in total. The Kier molecular flexibility index (Phi) is 6.08. The zero-order valence-electron chi connectivity index (χ0n) is 16.7. The Morgan fingerprint density at radius 2 is 1.63 bits per heavy atom. The van der Waals surface area contributed by atoms with E-state index in [-0.39, 0.29) is 17.7 Å². The molecule has 2 aromatic carbocycles. The second-order valence-corrected chi connectivity index (χ2v) is 8.85. The lowest BCUT2D eigenvalue weighted by atomic mass is 9.74. The van der Waals surface area contributed by atoms with Crippen LogP contribution in [0.1, 0.15) is 18.4 Å². The minimum absolute atomic E-state index is 0.0185. The van der Waals surface area contributed by atoms with Crippen LogP contribution in [0.3, 0.4) is 0 Å². The quantitative estimate of drug-likeness (QED) is 0.553. The van der Waals surface area contributed by atoms with Crippen LogP contribution in [0.15, 0.2) is 65.6 Å². The Hall–Kier alpha value is -2.80. The maximum atomic E-state index is 12.8. The number of nitrogens with one attached hydrogen (secondary N) is 2. The van der Waals surface area contributed by atoms with Crippen LogP contribution in [-0.2, 0) is 16.0 Å². The predicted octanol–water partition coefficient (Wildman–Crippen LogP) is 2.84. The lowest BCUT2D eigenvalue weighted by Crippen LogP contribution is -2.58. The molecule has 6 nitrogen and oxygen atoms in total. The van der Waals surface area contributed by atoms with E-state index in [2.05, 4.69) is 10.6 Å². The minimum Gasteiger partial charge on any atom is -0.342 e. The number of rotatable bonds is 6. The van der Waals surface area contributed by atoms with Crippen LogP contribution in [0, 0.1) is 5.92 Å². The maximum absolute atomic E-state index is 12.8. The number of benzene rings is 2. The van der Waals surface area contributed by atoms with Crippen molar-refractivity contribution < 1.29 is 14.4 Å². The lowest BCUT2D eigenvalue weighted by Gasteiger charge is -2.40. The van der Waals surface area contributed by atoms with Crippen LogP contribution in [0.4, 0.5) is 4.79 Å². The van der Waals surface area contributed by atoms with Gasteiger partial charge in [0.05, 0.1) is 5.75 Å². The molecular weight excluding hydrogens is 398 g/mol. The van der Waals surface area contributed by atoms with Crippen LogP contribution in [0.5, 0.6) is 0 Å². The summed E-state index contributed by atoms with van der Waals surface area (Å²) in [6.45, 7) is 1.19. The standard InChI is InChI=1S/C23H25N3O3S/c27-20(16-30-19-9-5-2-6-10-19)26-13-11-18(12-14-26)23(21(28)24-22(29)25-23)15-17-7-3-1-4-8-17/h1-10,18H,11-16H2,(H2,24,25,28,29). The first-order valence-corrected chi connectivity index (χ1v) is 11.2. The van der Waals surface area contributed by atoms with Gasteiger partial charge in [-0.2, -0.15) is 0 Å². The van der Waals surface area contributed by atoms with Crippen molar-refractivity contribution in [3.63, 3.8) is 0 Å². The summed E-state index contributed by atoms with van der Waals surface area (Å²) >= 11 is 1.54. The highest BCUT2D eigenvalue weighted by molar-refractivity contribution is 8.00. The molecule has 7 heteroatoms. The number of carbonyl (C=O) groups is 3. The molecule has 156 valence electrons. The molecule has 2 fully saturated rings. The summed E-state index contributed by atoms with van der Waals surface area (Å²) in [6, 6.07) is 19.2. The highest BCUT2D eigenvalue weighted by Gasteiger charge is 2.52. The van der Waals surface area contributed by atoms with Crippen LogP contribution in [0.25, 0.3) is 0 Å². The van der Waals surface area contributed by atoms with Gasteiger partial charge in [0, 0.05) is 24.4 Å². The third-order valence-electron chi connectivity index (χ3n) is 5.94. The Bertz CT molecular complexity index is 914. The molecule has 0 spiro atoms. The second kappa shape index (κ2) is 8.92. The zero-order valence-corrected chi connectivity index (χ0v) is 17.5. The van der Waals surface area contributed by atoms with Gasteiger partial charge in [0.15, 0.2) is 0 Å². The van der Waals surface area contributed by atoms with Crippen LogP contribution >= 0.6 is 11.8 Å². The number of imide groups is 1. The van der Waals surface area contributed by atoms with Crippen LogP contribution < -0.4 is 10.6 Å². The highest BCUT2D eigenvalue weighted by atomic mass is 32.2. The Morgan fingerprint density at radius 1 is 1.00 bits per heavy atom. The van der Waals surface area contributed by atoms with E-state index in [1.165, 1.54) is 11.8 Å². The highest BCUT2D eigenvalue weighted by Crippen LogP contribution is 2.34. The fraction of sp³-hybridized carbons (Fsp3) is 0.348. The molecule has 2 saturated heterocycles. The fourth-order valence-corrected chi connectivity index (χ4v) is 5.18. The first kappa shape index (κ1) is 20.5. The summed E-state index contributed by atoms with van der Waals surface area (Å²) < 4.78 is 0. The summed E-state index contributed by atoms with van der Waals surface area (Å²) in [4.78, 5) is 40.4.